The van der Waals surface area contributed by atoms with Gasteiger partial charge in [0.1, 0.15) is 0 Å². The highest BCUT2D eigenvalue weighted by Crippen LogP contribution is 2.54. The fraction of sp³-hybridized carbons (Fsp3) is 0.111. The summed E-state index contributed by atoms with van der Waals surface area (Å²) in [6.45, 7) is 0. The van der Waals surface area contributed by atoms with E-state index in [1.165, 1.54) is 44.5 Å². The fourth-order valence-corrected chi connectivity index (χ4v) is 5.44. The predicted molar refractivity (Wildman–Crippen MR) is 110 cm³/mol. The summed E-state index contributed by atoms with van der Waals surface area (Å²) in [6, 6.07) is 36.2. The van der Waals surface area contributed by atoms with Crippen LogP contribution >= 0.6 is 0 Å². The maximum absolute atomic E-state index is 2.35. The Labute approximate surface area is 160 Å². The summed E-state index contributed by atoms with van der Waals surface area (Å²) in [6.07, 6.45) is 2.02. The molecule has 0 bridgehead atoms. The van der Waals surface area contributed by atoms with Gasteiger partial charge in [-0.05, 0) is 57.3 Å². The van der Waals surface area contributed by atoms with Gasteiger partial charge in [-0.3, -0.25) is 0 Å². The highest BCUT2D eigenvalue weighted by molar-refractivity contribution is 5.71. The van der Waals surface area contributed by atoms with E-state index in [0.29, 0.717) is 0 Å². The average Bonchev–Trinajstić information content (AvgIpc) is 2.73. The van der Waals surface area contributed by atoms with Crippen molar-refractivity contribution in [2.75, 3.05) is 0 Å². The molecule has 4 aromatic carbocycles. The molecule has 0 unspecified atom stereocenters. The van der Waals surface area contributed by atoms with E-state index in [9.17, 15) is 0 Å². The summed E-state index contributed by atoms with van der Waals surface area (Å²) >= 11 is 0. The molecule has 0 N–H and O–H groups in total. The monoisotopic (exact) mass is 344 g/mol. The Morgan fingerprint density at radius 3 is 0.926 bits per heavy atom. The van der Waals surface area contributed by atoms with Gasteiger partial charge >= 0.3 is 0 Å². The number of hydrogen-bond donors (Lipinski definition) is 0. The van der Waals surface area contributed by atoms with E-state index >= 15 is 0 Å². The van der Waals surface area contributed by atoms with E-state index in [1.54, 1.807) is 0 Å². The molecule has 0 amide bonds. The molecule has 6 rings (SSSR count). The Bertz CT molecular complexity index is 992. The largest absolute Gasteiger partial charge is 0.0712 e. The van der Waals surface area contributed by atoms with Gasteiger partial charge in [0.15, 0.2) is 0 Å². The normalized spacial score (nSPS) is 15.4. The molecule has 0 saturated heterocycles. The molecular formula is C27H20. The average molecular weight is 344 g/mol. The van der Waals surface area contributed by atoms with Gasteiger partial charge in [-0.1, -0.05) is 97.1 Å². The topological polar surface area (TPSA) is 0 Å². The Hall–Kier alpha value is -3.12. The van der Waals surface area contributed by atoms with Gasteiger partial charge in [0, 0.05) is 0 Å². The molecule has 4 aromatic rings. The van der Waals surface area contributed by atoms with Crippen LogP contribution < -0.4 is 0 Å². The van der Waals surface area contributed by atoms with Gasteiger partial charge in [-0.25, -0.2) is 0 Å². The van der Waals surface area contributed by atoms with Crippen LogP contribution in [-0.4, -0.2) is 0 Å². The molecule has 0 aromatic heterocycles. The standard InChI is InChI=1S/C27H20/c1-5-13-23-19(9-1)17-20-10-2-6-14-24(20)27(23)25-15-7-3-11-21(25)18-22-12-4-8-16-26(22)27/h1-16H,17-18H2. The third kappa shape index (κ3) is 1.88. The summed E-state index contributed by atoms with van der Waals surface area (Å²) < 4.78 is 0. The second kappa shape index (κ2) is 5.44. The van der Waals surface area contributed by atoms with E-state index in [1.807, 2.05) is 0 Å². The zero-order chi connectivity index (χ0) is 17.8. The van der Waals surface area contributed by atoms with E-state index in [0.717, 1.165) is 12.8 Å². The first-order valence-electron chi connectivity index (χ1n) is 9.72. The molecule has 0 fully saturated rings. The van der Waals surface area contributed by atoms with Gasteiger partial charge in [0.2, 0.25) is 0 Å². The zero-order valence-corrected chi connectivity index (χ0v) is 15.2. The molecular weight excluding hydrogens is 324 g/mol. The summed E-state index contributed by atoms with van der Waals surface area (Å²) in [7, 11) is 0. The molecule has 2 aliphatic rings. The van der Waals surface area contributed by atoms with Crippen molar-refractivity contribution < 1.29 is 0 Å². The molecule has 0 heterocycles. The second-order valence-electron chi connectivity index (χ2n) is 7.73. The zero-order valence-electron chi connectivity index (χ0n) is 15.2. The number of benzene rings is 4. The molecule has 0 aliphatic heterocycles. The Morgan fingerprint density at radius 1 is 0.370 bits per heavy atom. The first-order chi connectivity index (χ1) is 13.4. The summed E-state index contributed by atoms with van der Waals surface area (Å²) in [5, 5.41) is 0. The van der Waals surface area contributed by atoms with Crippen LogP contribution in [0.15, 0.2) is 97.1 Å². The van der Waals surface area contributed by atoms with Gasteiger partial charge in [-0.2, -0.15) is 0 Å². The lowest BCUT2D eigenvalue weighted by Gasteiger charge is -2.46. The van der Waals surface area contributed by atoms with Gasteiger partial charge in [-0.15, -0.1) is 0 Å². The van der Waals surface area contributed by atoms with Crippen LogP contribution in [0.1, 0.15) is 44.5 Å². The predicted octanol–water partition coefficient (Wildman–Crippen LogP) is 5.88. The van der Waals surface area contributed by atoms with E-state index in [4.69, 9.17) is 0 Å². The van der Waals surface area contributed by atoms with Gasteiger partial charge in [0.05, 0.1) is 5.41 Å². The van der Waals surface area contributed by atoms with Crippen molar-refractivity contribution in [3.8, 4) is 0 Å². The SMILES string of the molecule is c1ccc2c(c1)Cc1ccccc1C21c2ccccc2Cc2ccccc21. The lowest BCUT2D eigenvalue weighted by Crippen LogP contribution is -2.39. The maximum Gasteiger partial charge on any atom is 0.0712 e. The van der Waals surface area contributed by atoms with Crippen molar-refractivity contribution in [2.24, 2.45) is 0 Å². The first-order valence-corrected chi connectivity index (χ1v) is 9.72. The van der Waals surface area contributed by atoms with Gasteiger partial charge in [0.25, 0.3) is 0 Å². The summed E-state index contributed by atoms with van der Waals surface area (Å²) in [5.41, 5.74) is 11.4. The van der Waals surface area contributed by atoms with E-state index in [-0.39, 0.29) is 5.41 Å². The van der Waals surface area contributed by atoms with Crippen molar-refractivity contribution >= 4 is 0 Å². The molecule has 2 aliphatic carbocycles. The molecule has 0 nitrogen and oxygen atoms in total. The molecule has 27 heavy (non-hydrogen) atoms. The van der Waals surface area contributed by atoms with Crippen LogP contribution in [0.2, 0.25) is 0 Å². The minimum Gasteiger partial charge on any atom is -0.0620 e. The molecule has 0 heteroatoms. The Kier molecular flexibility index (Phi) is 3.02. The highest BCUT2D eigenvalue weighted by atomic mass is 14.5. The molecule has 0 saturated carbocycles. The number of rotatable bonds is 0. The van der Waals surface area contributed by atoms with Crippen molar-refractivity contribution in [2.45, 2.75) is 18.3 Å². The van der Waals surface area contributed by atoms with Crippen LogP contribution in [0, 0.1) is 0 Å². The third-order valence-electron chi connectivity index (χ3n) is 6.45. The smallest absolute Gasteiger partial charge is 0.0620 e. The summed E-state index contributed by atoms with van der Waals surface area (Å²) in [4.78, 5) is 0. The molecule has 0 atom stereocenters. The van der Waals surface area contributed by atoms with Crippen LogP contribution in [0.3, 0.4) is 0 Å². The Balaban J connectivity index is 1.85. The minimum atomic E-state index is -0.211. The van der Waals surface area contributed by atoms with E-state index in [2.05, 4.69) is 97.1 Å². The first kappa shape index (κ1) is 15.0. The highest BCUT2D eigenvalue weighted by Gasteiger charge is 2.47. The van der Waals surface area contributed by atoms with Crippen LogP contribution in [0.4, 0.5) is 0 Å². The van der Waals surface area contributed by atoms with Crippen molar-refractivity contribution in [1.82, 2.24) is 0 Å². The Morgan fingerprint density at radius 2 is 0.630 bits per heavy atom. The number of fused-ring (bicyclic) bond motifs is 8. The quantitative estimate of drug-likeness (QED) is 0.323. The number of hydrogen-bond acceptors (Lipinski definition) is 0. The van der Waals surface area contributed by atoms with Crippen LogP contribution in [-0.2, 0) is 18.3 Å². The minimum absolute atomic E-state index is 0.211. The van der Waals surface area contributed by atoms with E-state index < -0.39 is 0 Å². The molecule has 1 spiro atoms. The summed E-state index contributed by atoms with van der Waals surface area (Å²) in [5.74, 6) is 0. The van der Waals surface area contributed by atoms with Gasteiger partial charge < -0.3 is 0 Å². The lowest BCUT2D eigenvalue weighted by atomic mass is 9.56. The van der Waals surface area contributed by atoms with Crippen molar-refractivity contribution in [3.63, 3.8) is 0 Å². The second-order valence-corrected chi connectivity index (χ2v) is 7.73. The molecule has 0 radical (unpaired) electrons. The van der Waals surface area contributed by atoms with Crippen LogP contribution in [0.5, 0.6) is 0 Å². The van der Waals surface area contributed by atoms with Crippen LogP contribution in [0.25, 0.3) is 0 Å². The molecule has 128 valence electrons. The third-order valence-corrected chi connectivity index (χ3v) is 6.45. The van der Waals surface area contributed by atoms with Crippen molar-refractivity contribution in [1.29, 1.82) is 0 Å². The van der Waals surface area contributed by atoms with Crippen molar-refractivity contribution in [3.05, 3.63) is 142 Å². The lowest BCUT2D eigenvalue weighted by molar-refractivity contribution is 0.670. The fourth-order valence-electron chi connectivity index (χ4n) is 5.44. The maximum atomic E-state index is 2.35.